The molecule has 1 fully saturated rings. The minimum Gasteiger partial charge on any atom is -0.394 e. The van der Waals surface area contributed by atoms with Crippen LogP contribution in [0.2, 0.25) is 0 Å². The van der Waals surface area contributed by atoms with Crippen molar-refractivity contribution in [3.63, 3.8) is 0 Å². The number of rotatable bonds is 4. The van der Waals surface area contributed by atoms with E-state index in [-0.39, 0.29) is 23.3 Å². The number of nitro groups is 1. The predicted octanol–water partition coefficient (Wildman–Crippen LogP) is 1.61. The molecule has 7 heteroatoms. The number of hydrogen-bond acceptors (Lipinski definition) is 6. The van der Waals surface area contributed by atoms with E-state index >= 15 is 0 Å². The topological polar surface area (TPSA) is 87.9 Å². The molecule has 2 N–H and O–H groups in total. The van der Waals surface area contributed by atoms with Gasteiger partial charge in [-0.1, -0.05) is 6.07 Å². The van der Waals surface area contributed by atoms with Crippen molar-refractivity contribution in [2.45, 2.75) is 25.6 Å². The van der Waals surface area contributed by atoms with Gasteiger partial charge in [0.2, 0.25) is 0 Å². The molecule has 0 aromatic heterocycles. The van der Waals surface area contributed by atoms with E-state index in [2.05, 4.69) is 5.32 Å². The smallest absolute Gasteiger partial charge is 0.315 e. The Bertz CT molecular complexity index is 533. The van der Waals surface area contributed by atoms with Gasteiger partial charge in [-0.15, -0.1) is 0 Å². The summed E-state index contributed by atoms with van der Waals surface area (Å²) in [5, 5.41) is 23.6. The zero-order valence-corrected chi connectivity index (χ0v) is 12.5. The van der Waals surface area contributed by atoms with Crippen LogP contribution in [0.25, 0.3) is 0 Å². The molecule has 1 heterocycles. The molecule has 21 heavy (non-hydrogen) atoms. The normalized spacial score (nSPS) is 21.1. The highest BCUT2D eigenvalue weighted by molar-refractivity contribution is 5.77. The van der Waals surface area contributed by atoms with Crippen LogP contribution in [0.4, 0.5) is 17.1 Å². The molecule has 1 aliphatic heterocycles. The lowest BCUT2D eigenvalue weighted by Gasteiger charge is -2.43. The van der Waals surface area contributed by atoms with Crippen LogP contribution < -0.4 is 10.2 Å². The summed E-state index contributed by atoms with van der Waals surface area (Å²) in [5.41, 5.74) is 0.591. The van der Waals surface area contributed by atoms with Crippen LogP contribution >= 0.6 is 0 Å². The van der Waals surface area contributed by atoms with Crippen LogP contribution in [0.15, 0.2) is 18.2 Å². The standard InChI is InChI=1S/C14H21N3O4/c1-14(2)9-16(7-10(8-18)21-14)12-6-4-5-11(15-3)13(12)17(19)20/h4-6,10,15,18H,7-9H2,1-3H3. The maximum absolute atomic E-state index is 11.4. The number of nitrogens with one attached hydrogen (secondary N) is 1. The van der Waals surface area contributed by atoms with Crippen molar-refractivity contribution >= 4 is 17.1 Å². The third kappa shape index (κ3) is 3.25. The number of nitro benzene ring substituents is 1. The molecule has 1 aromatic carbocycles. The van der Waals surface area contributed by atoms with Crippen LogP contribution in [0.3, 0.4) is 0 Å². The van der Waals surface area contributed by atoms with E-state index in [9.17, 15) is 15.2 Å². The maximum atomic E-state index is 11.4. The lowest BCUT2D eigenvalue weighted by atomic mass is 10.0. The van der Waals surface area contributed by atoms with Gasteiger partial charge in [0, 0.05) is 20.1 Å². The molecule has 0 aliphatic carbocycles. The first-order valence-electron chi connectivity index (χ1n) is 6.86. The first-order chi connectivity index (χ1) is 9.88. The van der Waals surface area contributed by atoms with Crippen molar-refractivity contribution in [2.24, 2.45) is 0 Å². The average Bonchev–Trinajstić information content (AvgIpc) is 2.44. The van der Waals surface area contributed by atoms with E-state index < -0.39 is 5.60 Å². The van der Waals surface area contributed by atoms with Crippen LogP contribution in [0, 0.1) is 10.1 Å². The van der Waals surface area contributed by atoms with Gasteiger partial charge < -0.3 is 20.1 Å². The number of aliphatic hydroxyl groups is 1. The van der Waals surface area contributed by atoms with Crippen LogP contribution in [0.1, 0.15) is 13.8 Å². The number of para-hydroxylation sites is 1. The van der Waals surface area contributed by atoms with Crippen LogP contribution in [0.5, 0.6) is 0 Å². The van der Waals surface area contributed by atoms with E-state index in [1.54, 1.807) is 25.2 Å². The lowest BCUT2D eigenvalue weighted by Crippen LogP contribution is -2.54. The van der Waals surface area contributed by atoms with E-state index in [4.69, 9.17) is 4.74 Å². The molecule has 0 amide bonds. The Morgan fingerprint density at radius 1 is 1.57 bits per heavy atom. The number of anilines is 2. The zero-order chi connectivity index (χ0) is 15.6. The molecule has 1 aromatic rings. The van der Waals surface area contributed by atoms with Gasteiger partial charge in [-0.3, -0.25) is 10.1 Å². The summed E-state index contributed by atoms with van der Waals surface area (Å²) < 4.78 is 5.75. The van der Waals surface area contributed by atoms with Gasteiger partial charge >= 0.3 is 5.69 Å². The van der Waals surface area contributed by atoms with Gasteiger partial charge in [-0.05, 0) is 26.0 Å². The van der Waals surface area contributed by atoms with Crippen molar-refractivity contribution < 1.29 is 14.8 Å². The maximum Gasteiger partial charge on any atom is 0.315 e. The quantitative estimate of drug-likeness (QED) is 0.648. The molecule has 0 spiro atoms. The molecule has 1 aliphatic rings. The SMILES string of the molecule is CNc1cccc(N2CC(CO)OC(C)(C)C2)c1[N+](=O)[O-]. The van der Waals surface area contributed by atoms with Crippen molar-refractivity contribution in [1.82, 2.24) is 0 Å². The Hall–Kier alpha value is -1.86. The molecule has 116 valence electrons. The fourth-order valence-corrected chi connectivity index (χ4v) is 2.75. The first-order valence-corrected chi connectivity index (χ1v) is 6.86. The highest BCUT2D eigenvalue weighted by Crippen LogP contribution is 2.37. The summed E-state index contributed by atoms with van der Waals surface area (Å²) in [6, 6.07) is 5.19. The fourth-order valence-electron chi connectivity index (χ4n) is 2.75. The van der Waals surface area contributed by atoms with Crippen LogP contribution in [-0.4, -0.2) is 48.5 Å². The van der Waals surface area contributed by atoms with Gasteiger partial charge in [0.15, 0.2) is 0 Å². The fraction of sp³-hybridized carbons (Fsp3) is 0.571. The molecule has 1 atom stereocenters. The zero-order valence-electron chi connectivity index (χ0n) is 12.5. The first kappa shape index (κ1) is 15.5. The average molecular weight is 295 g/mol. The third-order valence-corrected chi connectivity index (χ3v) is 3.49. The monoisotopic (exact) mass is 295 g/mol. The van der Waals surface area contributed by atoms with Crippen molar-refractivity contribution in [1.29, 1.82) is 0 Å². The number of ether oxygens (including phenoxy) is 1. The Labute approximate surface area is 123 Å². The lowest BCUT2D eigenvalue weighted by molar-refractivity contribution is -0.383. The minimum atomic E-state index is -0.477. The molecule has 0 radical (unpaired) electrons. The Kier molecular flexibility index (Phi) is 4.34. The molecule has 1 saturated heterocycles. The minimum absolute atomic E-state index is 0.0504. The molecule has 0 bridgehead atoms. The molecule has 2 rings (SSSR count). The molecular weight excluding hydrogens is 274 g/mol. The Morgan fingerprint density at radius 2 is 2.29 bits per heavy atom. The highest BCUT2D eigenvalue weighted by atomic mass is 16.6. The third-order valence-electron chi connectivity index (χ3n) is 3.49. The van der Waals surface area contributed by atoms with Crippen molar-refractivity contribution in [3.05, 3.63) is 28.3 Å². The number of morpholine rings is 1. The van der Waals surface area contributed by atoms with E-state index in [1.807, 2.05) is 18.7 Å². The van der Waals surface area contributed by atoms with Crippen molar-refractivity contribution in [2.75, 3.05) is 37.0 Å². The van der Waals surface area contributed by atoms with Gasteiger partial charge in [0.05, 0.1) is 23.2 Å². The van der Waals surface area contributed by atoms with Gasteiger partial charge in [-0.25, -0.2) is 0 Å². The summed E-state index contributed by atoms with van der Waals surface area (Å²) in [4.78, 5) is 12.9. The summed E-state index contributed by atoms with van der Waals surface area (Å²) in [6.45, 7) is 4.66. The van der Waals surface area contributed by atoms with E-state index in [0.717, 1.165) is 0 Å². The Morgan fingerprint density at radius 3 is 2.86 bits per heavy atom. The molecule has 7 nitrogen and oxygen atoms in total. The molecule has 1 unspecified atom stereocenters. The van der Waals surface area contributed by atoms with E-state index in [1.165, 1.54) is 0 Å². The van der Waals surface area contributed by atoms with Gasteiger partial charge in [-0.2, -0.15) is 0 Å². The van der Waals surface area contributed by atoms with Gasteiger partial charge in [0.1, 0.15) is 11.4 Å². The summed E-state index contributed by atoms with van der Waals surface area (Å²) in [5.74, 6) is 0. The summed E-state index contributed by atoms with van der Waals surface area (Å²) >= 11 is 0. The summed E-state index contributed by atoms with van der Waals surface area (Å²) in [6.07, 6.45) is -0.355. The molecule has 0 saturated carbocycles. The van der Waals surface area contributed by atoms with Crippen LogP contribution in [-0.2, 0) is 4.74 Å². The number of hydrogen-bond donors (Lipinski definition) is 2. The second-order valence-electron chi connectivity index (χ2n) is 5.74. The number of aliphatic hydroxyl groups excluding tert-OH is 1. The largest absolute Gasteiger partial charge is 0.394 e. The predicted molar refractivity (Wildman–Crippen MR) is 80.9 cm³/mol. The number of benzene rings is 1. The number of nitrogens with zero attached hydrogens (tertiary/aromatic N) is 2. The highest BCUT2D eigenvalue weighted by Gasteiger charge is 2.36. The summed E-state index contributed by atoms with van der Waals surface area (Å²) in [7, 11) is 1.66. The molecular formula is C14H21N3O4. The van der Waals surface area contributed by atoms with E-state index in [0.29, 0.717) is 24.5 Å². The second kappa shape index (κ2) is 5.87. The van der Waals surface area contributed by atoms with Gasteiger partial charge in [0.25, 0.3) is 0 Å². The Balaban J connectivity index is 2.43. The second-order valence-corrected chi connectivity index (χ2v) is 5.74. The van der Waals surface area contributed by atoms with Crippen molar-refractivity contribution in [3.8, 4) is 0 Å².